The van der Waals surface area contributed by atoms with Gasteiger partial charge in [0.25, 0.3) is 0 Å². The number of hydrogen-bond acceptors (Lipinski definition) is 1. The predicted octanol–water partition coefficient (Wildman–Crippen LogP) is 4.08. The van der Waals surface area contributed by atoms with E-state index >= 15 is 0 Å². The van der Waals surface area contributed by atoms with Crippen LogP contribution in [0, 0.1) is 0 Å². The summed E-state index contributed by atoms with van der Waals surface area (Å²) in [6.45, 7) is 5.74. The normalized spacial score (nSPS) is 11.3. The van der Waals surface area contributed by atoms with E-state index in [1.54, 1.807) is 6.92 Å². The molecule has 16 heavy (non-hydrogen) atoms. The molecule has 2 rings (SSSR count). The van der Waals surface area contributed by atoms with Crippen molar-refractivity contribution in [1.29, 1.82) is 0 Å². The van der Waals surface area contributed by atoms with Gasteiger partial charge in [-0.05, 0) is 26.8 Å². The third-order valence-corrected chi connectivity index (χ3v) is 3.04. The molecule has 1 heterocycles. The zero-order valence-corrected chi connectivity index (χ0v) is 10.4. The SMILES string of the molecule is CC(=O)c1cn(C(C)C)c2c(Cl)cccc12. The summed E-state index contributed by atoms with van der Waals surface area (Å²) in [5.74, 6) is 0.0756. The number of ketones is 1. The van der Waals surface area contributed by atoms with Gasteiger partial charge < -0.3 is 4.57 Å². The number of fused-ring (bicyclic) bond motifs is 1. The molecule has 0 spiro atoms. The number of hydrogen-bond donors (Lipinski definition) is 0. The van der Waals surface area contributed by atoms with Crippen LogP contribution in [0.1, 0.15) is 37.2 Å². The largest absolute Gasteiger partial charge is 0.343 e. The Kier molecular flexibility index (Phi) is 2.76. The molecule has 1 aromatic heterocycles. The van der Waals surface area contributed by atoms with Crippen molar-refractivity contribution < 1.29 is 4.79 Å². The van der Waals surface area contributed by atoms with Gasteiger partial charge in [-0.1, -0.05) is 23.7 Å². The summed E-state index contributed by atoms with van der Waals surface area (Å²) >= 11 is 6.19. The van der Waals surface area contributed by atoms with E-state index in [2.05, 4.69) is 18.4 Å². The molecule has 0 saturated heterocycles. The Labute approximate surface area is 99.8 Å². The highest BCUT2D eigenvalue weighted by Crippen LogP contribution is 2.30. The maximum absolute atomic E-state index is 11.6. The van der Waals surface area contributed by atoms with Crippen LogP contribution in [0.25, 0.3) is 10.9 Å². The van der Waals surface area contributed by atoms with Crippen LogP contribution in [-0.2, 0) is 0 Å². The lowest BCUT2D eigenvalue weighted by Gasteiger charge is -2.09. The van der Waals surface area contributed by atoms with Gasteiger partial charge in [0, 0.05) is 23.2 Å². The molecule has 0 fully saturated rings. The first-order valence-electron chi connectivity index (χ1n) is 5.32. The Morgan fingerprint density at radius 2 is 2.06 bits per heavy atom. The van der Waals surface area contributed by atoms with Crippen LogP contribution in [0.15, 0.2) is 24.4 Å². The van der Waals surface area contributed by atoms with E-state index in [0.29, 0.717) is 5.02 Å². The van der Waals surface area contributed by atoms with Gasteiger partial charge in [-0.3, -0.25) is 4.79 Å². The van der Waals surface area contributed by atoms with Crippen LogP contribution in [0.3, 0.4) is 0 Å². The minimum atomic E-state index is 0.0756. The lowest BCUT2D eigenvalue weighted by Crippen LogP contribution is -1.98. The molecule has 0 amide bonds. The van der Waals surface area contributed by atoms with Gasteiger partial charge in [0.2, 0.25) is 0 Å². The number of halogens is 1. The van der Waals surface area contributed by atoms with Gasteiger partial charge >= 0.3 is 0 Å². The number of rotatable bonds is 2. The molecule has 0 aliphatic rings. The van der Waals surface area contributed by atoms with Crippen molar-refractivity contribution in [3.63, 3.8) is 0 Å². The van der Waals surface area contributed by atoms with E-state index in [4.69, 9.17) is 11.6 Å². The molecule has 3 heteroatoms. The number of aromatic nitrogens is 1. The second-order valence-electron chi connectivity index (χ2n) is 4.24. The molecular formula is C13H14ClNO. The van der Waals surface area contributed by atoms with Gasteiger partial charge in [0.1, 0.15) is 0 Å². The molecule has 0 saturated carbocycles. The highest BCUT2D eigenvalue weighted by molar-refractivity contribution is 6.35. The van der Waals surface area contributed by atoms with Gasteiger partial charge in [0.05, 0.1) is 10.5 Å². The zero-order chi connectivity index (χ0) is 11.9. The average molecular weight is 236 g/mol. The number of benzene rings is 1. The van der Waals surface area contributed by atoms with E-state index in [0.717, 1.165) is 16.5 Å². The van der Waals surface area contributed by atoms with E-state index in [1.807, 2.05) is 24.4 Å². The molecule has 2 aromatic rings. The minimum Gasteiger partial charge on any atom is -0.343 e. The Morgan fingerprint density at radius 3 is 2.62 bits per heavy atom. The summed E-state index contributed by atoms with van der Waals surface area (Å²) in [6, 6.07) is 5.96. The van der Waals surface area contributed by atoms with Crippen molar-refractivity contribution >= 4 is 28.3 Å². The fourth-order valence-electron chi connectivity index (χ4n) is 1.96. The fraction of sp³-hybridized carbons (Fsp3) is 0.308. The lowest BCUT2D eigenvalue weighted by molar-refractivity contribution is 0.101. The summed E-state index contributed by atoms with van der Waals surface area (Å²) in [6.07, 6.45) is 1.89. The predicted molar refractivity (Wildman–Crippen MR) is 67.3 cm³/mol. The van der Waals surface area contributed by atoms with Crippen molar-refractivity contribution in [3.8, 4) is 0 Å². The Morgan fingerprint density at radius 1 is 1.38 bits per heavy atom. The highest BCUT2D eigenvalue weighted by Gasteiger charge is 2.15. The molecule has 2 nitrogen and oxygen atoms in total. The molecule has 0 bridgehead atoms. The van der Waals surface area contributed by atoms with Crippen molar-refractivity contribution in [3.05, 3.63) is 35.0 Å². The number of carbonyl (C=O) groups is 1. The smallest absolute Gasteiger partial charge is 0.161 e. The van der Waals surface area contributed by atoms with Crippen molar-refractivity contribution in [2.45, 2.75) is 26.8 Å². The maximum atomic E-state index is 11.6. The maximum Gasteiger partial charge on any atom is 0.161 e. The molecule has 1 aromatic carbocycles. The monoisotopic (exact) mass is 235 g/mol. The molecule has 0 aliphatic carbocycles. The van der Waals surface area contributed by atoms with Gasteiger partial charge in [-0.25, -0.2) is 0 Å². The second-order valence-corrected chi connectivity index (χ2v) is 4.64. The van der Waals surface area contributed by atoms with Gasteiger partial charge in [-0.15, -0.1) is 0 Å². The summed E-state index contributed by atoms with van der Waals surface area (Å²) < 4.78 is 2.05. The summed E-state index contributed by atoms with van der Waals surface area (Å²) in [5.41, 5.74) is 1.69. The number of nitrogens with zero attached hydrogens (tertiary/aromatic N) is 1. The second kappa shape index (κ2) is 3.95. The van der Waals surface area contributed by atoms with Crippen LogP contribution < -0.4 is 0 Å². The standard InChI is InChI=1S/C13H14ClNO/c1-8(2)15-7-11(9(3)16)10-5-4-6-12(14)13(10)15/h4-8H,1-3H3. The van der Waals surface area contributed by atoms with Gasteiger partial charge in [-0.2, -0.15) is 0 Å². The first-order valence-corrected chi connectivity index (χ1v) is 5.70. The molecule has 0 atom stereocenters. The summed E-state index contributed by atoms with van der Waals surface area (Å²) in [7, 11) is 0. The first kappa shape index (κ1) is 11.2. The van der Waals surface area contributed by atoms with E-state index < -0.39 is 0 Å². The lowest BCUT2D eigenvalue weighted by atomic mass is 10.1. The first-order chi connectivity index (χ1) is 7.52. The Balaban J connectivity index is 2.87. The fourth-order valence-corrected chi connectivity index (χ4v) is 2.23. The van der Waals surface area contributed by atoms with Gasteiger partial charge in [0.15, 0.2) is 5.78 Å². The topological polar surface area (TPSA) is 22.0 Å². The molecular weight excluding hydrogens is 222 g/mol. The molecule has 0 radical (unpaired) electrons. The third-order valence-electron chi connectivity index (χ3n) is 2.74. The number of carbonyl (C=O) groups excluding carboxylic acids is 1. The van der Waals surface area contributed by atoms with Crippen LogP contribution in [-0.4, -0.2) is 10.4 Å². The Hall–Kier alpha value is -1.28. The van der Waals surface area contributed by atoms with Crippen LogP contribution in [0.2, 0.25) is 5.02 Å². The van der Waals surface area contributed by atoms with Crippen LogP contribution in [0.4, 0.5) is 0 Å². The van der Waals surface area contributed by atoms with Crippen molar-refractivity contribution in [2.24, 2.45) is 0 Å². The summed E-state index contributed by atoms with van der Waals surface area (Å²) in [4.78, 5) is 11.6. The van der Waals surface area contributed by atoms with E-state index in [9.17, 15) is 4.79 Å². The minimum absolute atomic E-state index is 0.0756. The molecule has 0 N–H and O–H groups in total. The zero-order valence-electron chi connectivity index (χ0n) is 9.62. The van der Waals surface area contributed by atoms with E-state index in [1.165, 1.54) is 0 Å². The van der Waals surface area contributed by atoms with Crippen LogP contribution >= 0.6 is 11.6 Å². The molecule has 84 valence electrons. The van der Waals surface area contributed by atoms with Crippen LogP contribution in [0.5, 0.6) is 0 Å². The number of para-hydroxylation sites is 1. The summed E-state index contributed by atoms with van der Waals surface area (Å²) in [5, 5.41) is 1.63. The highest BCUT2D eigenvalue weighted by atomic mass is 35.5. The van der Waals surface area contributed by atoms with Crippen molar-refractivity contribution in [2.75, 3.05) is 0 Å². The molecule has 0 unspecified atom stereocenters. The van der Waals surface area contributed by atoms with Crippen molar-refractivity contribution in [1.82, 2.24) is 4.57 Å². The molecule has 0 aliphatic heterocycles. The third kappa shape index (κ3) is 1.63. The Bertz CT molecular complexity index is 554. The quantitative estimate of drug-likeness (QED) is 0.719. The number of Topliss-reactive ketones (excluding diaryl/α,β-unsaturated/α-hetero) is 1. The average Bonchev–Trinajstić information content (AvgIpc) is 2.58. The van der Waals surface area contributed by atoms with E-state index in [-0.39, 0.29) is 11.8 Å².